The molecule has 7 nitrogen and oxygen atoms in total. The first-order valence-electron chi connectivity index (χ1n) is 11.0. The third kappa shape index (κ3) is 5.51. The zero-order valence-corrected chi connectivity index (χ0v) is 20.6. The number of phenolic OH excluding ortho intramolecular Hbond substituents is 1. The van der Waals surface area contributed by atoms with Gasteiger partial charge in [0.2, 0.25) is 5.43 Å². The van der Waals surface area contributed by atoms with Crippen LogP contribution in [0, 0.1) is 0 Å². The van der Waals surface area contributed by atoms with Crippen molar-refractivity contribution < 1.29 is 28.5 Å². The Labute approximate surface area is 204 Å². The molecule has 0 saturated carbocycles. The largest absolute Gasteiger partial charge is 0.507 e. The quantitative estimate of drug-likeness (QED) is 0.290. The van der Waals surface area contributed by atoms with Gasteiger partial charge in [-0.25, -0.2) is 0 Å². The van der Waals surface area contributed by atoms with Crippen molar-refractivity contribution in [1.82, 2.24) is 0 Å². The summed E-state index contributed by atoms with van der Waals surface area (Å²) in [6, 6.07) is 6.33. The van der Waals surface area contributed by atoms with Crippen LogP contribution in [0.2, 0.25) is 0 Å². The summed E-state index contributed by atoms with van der Waals surface area (Å²) in [5.41, 5.74) is 1.81. The van der Waals surface area contributed by atoms with Crippen LogP contribution in [-0.4, -0.2) is 33.0 Å². The minimum Gasteiger partial charge on any atom is -0.507 e. The van der Waals surface area contributed by atoms with Gasteiger partial charge in [0.1, 0.15) is 40.6 Å². The van der Waals surface area contributed by atoms with Crippen LogP contribution in [0.5, 0.6) is 28.7 Å². The predicted molar refractivity (Wildman–Crippen MR) is 137 cm³/mol. The second kappa shape index (κ2) is 11.3. The monoisotopic (exact) mass is 478 g/mol. The number of hydrogen-bond donors (Lipinski definition) is 1. The average molecular weight is 479 g/mol. The Morgan fingerprint density at radius 3 is 2.34 bits per heavy atom. The highest BCUT2D eigenvalue weighted by Crippen LogP contribution is 2.42. The predicted octanol–water partition coefficient (Wildman–Crippen LogP) is 5.82. The molecule has 184 valence electrons. The van der Waals surface area contributed by atoms with E-state index >= 15 is 0 Å². The van der Waals surface area contributed by atoms with E-state index in [1.54, 1.807) is 24.3 Å². The van der Waals surface area contributed by atoms with Crippen molar-refractivity contribution in [3.05, 3.63) is 76.5 Å². The van der Waals surface area contributed by atoms with Crippen LogP contribution in [0.15, 0.2) is 69.9 Å². The fraction of sp³-hybridized carbons (Fsp3) is 0.250. The normalized spacial score (nSPS) is 10.9. The molecule has 7 heteroatoms. The van der Waals surface area contributed by atoms with Gasteiger partial charge >= 0.3 is 0 Å². The maximum atomic E-state index is 13.7. The first-order valence-corrected chi connectivity index (χ1v) is 11.0. The van der Waals surface area contributed by atoms with E-state index in [1.807, 2.05) is 32.1 Å². The van der Waals surface area contributed by atoms with Crippen LogP contribution in [0.1, 0.15) is 19.4 Å². The van der Waals surface area contributed by atoms with E-state index < -0.39 is 0 Å². The lowest BCUT2D eigenvalue weighted by Crippen LogP contribution is -2.11. The standard InChI is InChI=1S/C28H30O7/c1-7-12-34-18-13-21(29)26-25(14-18)35-28(19(27(26)30)11-9-8-10-17(2)3)20-15-23(32-5)24(33-6)16-22(20)31-4/h7-10,13-16,29H,1,11-12H2,2-6H3/b9-8+. The second-order valence-corrected chi connectivity index (χ2v) is 7.94. The van der Waals surface area contributed by atoms with Crippen molar-refractivity contribution in [2.24, 2.45) is 0 Å². The van der Waals surface area contributed by atoms with E-state index in [1.165, 1.54) is 27.4 Å². The first-order chi connectivity index (χ1) is 16.8. The Kier molecular flexibility index (Phi) is 8.25. The summed E-state index contributed by atoms with van der Waals surface area (Å²) < 4.78 is 28.3. The molecule has 0 bridgehead atoms. The summed E-state index contributed by atoms with van der Waals surface area (Å²) in [7, 11) is 4.57. The maximum Gasteiger partial charge on any atom is 0.200 e. The summed E-state index contributed by atoms with van der Waals surface area (Å²) >= 11 is 0. The van der Waals surface area contributed by atoms with E-state index in [2.05, 4.69) is 6.58 Å². The molecule has 3 rings (SSSR count). The second-order valence-electron chi connectivity index (χ2n) is 7.94. The smallest absolute Gasteiger partial charge is 0.200 e. The molecule has 0 unspecified atom stereocenters. The van der Waals surface area contributed by atoms with Crippen LogP contribution in [0.25, 0.3) is 22.3 Å². The molecule has 0 saturated heterocycles. The molecule has 35 heavy (non-hydrogen) atoms. The molecular weight excluding hydrogens is 448 g/mol. The summed E-state index contributed by atoms with van der Waals surface area (Å²) in [6.45, 7) is 7.83. The molecule has 1 aromatic heterocycles. The van der Waals surface area contributed by atoms with Gasteiger partial charge in [-0.05, 0) is 26.3 Å². The van der Waals surface area contributed by atoms with Gasteiger partial charge in [-0.2, -0.15) is 0 Å². The number of methoxy groups -OCH3 is 3. The lowest BCUT2D eigenvalue weighted by Gasteiger charge is -2.16. The summed E-state index contributed by atoms with van der Waals surface area (Å²) in [5, 5.41) is 10.7. The fourth-order valence-electron chi connectivity index (χ4n) is 3.60. The van der Waals surface area contributed by atoms with Crippen molar-refractivity contribution in [1.29, 1.82) is 0 Å². The zero-order valence-electron chi connectivity index (χ0n) is 20.6. The molecule has 0 atom stereocenters. The molecule has 0 spiro atoms. The molecule has 0 aliphatic carbocycles. The minimum atomic E-state index is -0.354. The van der Waals surface area contributed by atoms with Crippen LogP contribution in [0.4, 0.5) is 0 Å². The number of fused-ring (bicyclic) bond motifs is 1. The van der Waals surface area contributed by atoms with Crippen LogP contribution < -0.4 is 24.4 Å². The molecule has 0 fully saturated rings. The van der Waals surface area contributed by atoms with Crippen molar-refractivity contribution in [3.8, 4) is 40.1 Å². The van der Waals surface area contributed by atoms with E-state index in [0.29, 0.717) is 39.9 Å². The highest BCUT2D eigenvalue weighted by Gasteiger charge is 2.23. The maximum absolute atomic E-state index is 13.7. The third-order valence-electron chi connectivity index (χ3n) is 5.25. The van der Waals surface area contributed by atoms with Crippen LogP contribution >= 0.6 is 0 Å². The van der Waals surface area contributed by atoms with Gasteiger partial charge in [0.05, 0.1) is 26.9 Å². The molecular formula is C28H30O7. The van der Waals surface area contributed by atoms with Crippen molar-refractivity contribution >= 4 is 11.0 Å². The van der Waals surface area contributed by atoms with E-state index in [-0.39, 0.29) is 35.2 Å². The Balaban J connectivity index is 2.35. The van der Waals surface area contributed by atoms with E-state index in [4.69, 9.17) is 23.4 Å². The molecule has 0 amide bonds. The Morgan fingerprint density at radius 1 is 1.03 bits per heavy atom. The molecule has 0 aliphatic rings. The number of ether oxygens (including phenoxy) is 4. The minimum absolute atomic E-state index is 0.0739. The van der Waals surface area contributed by atoms with E-state index in [9.17, 15) is 9.90 Å². The molecule has 1 heterocycles. The SMILES string of the molecule is C=CCOc1cc(O)c2c(=O)c(C/C=C/C=C(C)C)c(-c3cc(OC)c(OC)cc3OC)oc2c1. The Hall–Kier alpha value is -4.13. The Bertz CT molecular complexity index is 1340. The van der Waals surface area contributed by atoms with Gasteiger partial charge in [-0.3, -0.25) is 4.79 Å². The van der Waals surface area contributed by atoms with Crippen molar-refractivity contribution in [2.75, 3.05) is 27.9 Å². The molecule has 0 aliphatic heterocycles. The Morgan fingerprint density at radius 2 is 1.71 bits per heavy atom. The highest BCUT2D eigenvalue weighted by atomic mass is 16.5. The van der Waals surface area contributed by atoms with Gasteiger partial charge in [-0.15, -0.1) is 0 Å². The topological polar surface area (TPSA) is 87.4 Å². The van der Waals surface area contributed by atoms with Crippen LogP contribution in [0.3, 0.4) is 0 Å². The van der Waals surface area contributed by atoms with Gasteiger partial charge in [0.25, 0.3) is 0 Å². The lowest BCUT2D eigenvalue weighted by atomic mass is 10.00. The number of rotatable bonds is 10. The van der Waals surface area contributed by atoms with Crippen molar-refractivity contribution in [2.45, 2.75) is 20.3 Å². The molecule has 0 radical (unpaired) electrons. The van der Waals surface area contributed by atoms with Gasteiger partial charge in [-0.1, -0.05) is 36.5 Å². The van der Waals surface area contributed by atoms with Gasteiger partial charge in [0, 0.05) is 23.8 Å². The summed E-state index contributed by atoms with van der Waals surface area (Å²) in [4.78, 5) is 13.7. The number of phenols is 1. The number of benzene rings is 2. The van der Waals surface area contributed by atoms with Crippen LogP contribution in [-0.2, 0) is 6.42 Å². The molecule has 2 aromatic carbocycles. The zero-order chi connectivity index (χ0) is 25.5. The fourth-order valence-corrected chi connectivity index (χ4v) is 3.60. The lowest BCUT2D eigenvalue weighted by molar-refractivity contribution is 0.349. The summed E-state index contributed by atoms with van der Waals surface area (Å²) in [5.74, 6) is 1.77. The highest BCUT2D eigenvalue weighted by molar-refractivity contribution is 5.88. The average Bonchev–Trinajstić information content (AvgIpc) is 2.84. The first kappa shape index (κ1) is 25.5. The molecule has 1 N–H and O–H groups in total. The third-order valence-corrected chi connectivity index (χ3v) is 5.25. The number of allylic oxidation sites excluding steroid dienone is 4. The number of hydrogen-bond acceptors (Lipinski definition) is 7. The molecule has 3 aromatic rings. The number of aromatic hydroxyl groups is 1. The van der Waals surface area contributed by atoms with Gasteiger partial charge < -0.3 is 28.5 Å². The summed E-state index contributed by atoms with van der Waals surface area (Å²) in [6.07, 6.45) is 7.53. The van der Waals surface area contributed by atoms with Crippen molar-refractivity contribution in [3.63, 3.8) is 0 Å². The van der Waals surface area contributed by atoms with Gasteiger partial charge in [0.15, 0.2) is 11.5 Å². The van der Waals surface area contributed by atoms with E-state index in [0.717, 1.165) is 5.57 Å².